The molecule has 1 N–H and O–H groups in total. The lowest BCUT2D eigenvalue weighted by atomic mass is 10.0. The zero-order valence-corrected chi connectivity index (χ0v) is 14.0. The first-order valence-corrected chi connectivity index (χ1v) is 8.63. The van der Waals surface area contributed by atoms with Crippen LogP contribution in [-0.2, 0) is 4.79 Å². The van der Waals surface area contributed by atoms with Crippen LogP contribution in [0.4, 0.5) is 0 Å². The number of carboxylic acid groups (broad SMARTS) is 1. The van der Waals surface area contributed by atoms with Crippen LogP contribution >= 0.6 is 34.5 Å². The van der Waals surface area contributed by atoms with Crippen molar-refractivity contribution >= 4 is 40.5 Å². The highest BCUT2D eigenvalue weighted by molar-refractivity contribution is 7.16. The molecule has 0 bridgehead atoms. The van der Waals surface area contributed by atoms with Crippen molar-refractivity contribution in [3.05, 3.63) is 56.2 Å². The molecular formula is C16H15Cl2NO2S. The molecule has 1 aromatic heterocycles. The summed E-state index contributed by atoms with van der Waals surface area (Å²) in [4.78, 5) is 14.6. The van der Waals surface area contributed by atoms with E-state index in [9.17, 15) is 9.90 Å². The van der Waals surface area contributed by atoms with Crippen LogP contribution < -0.4 is 0 Å². The molecule has 0 saturated carbocycles. The van der Waals surface area contributed by atoms with Crippen LogP contribution in [0.3, 0.4) is 0 Å². The maximum absolute atomic E-state index is 11.6. The fourth-order valence-electron chi connectivity index (χ4n) is 3.03. The summed E-state index contributed by atoms with van der Waals surface area (Å²) in [5.74, 6) is -0.771. The van der Waals surface area contributed by atoms with Crippen LogP contribution in [0.1, 0.15) is 29.3 Å². The number of likely N-dealkylation sites (tertiary alicyclic amines) is 1. The Balaban J connectivity index is 2.05. The summed E-state index contributed by atoms with van der Waals surface area (Å²) in [6.45, 7) is 0.754. The van der Waals surface area contributed by atoms with E-state index < -0.39 is 12.0 Å². The van der Waals surface area contributed by atoms with Gasteiger partial charge in [-0.05, 0) is 42.7 Å². The molecule has 0 spiro atoms. The van der Waals surface area contributed by atoms with Gasteiger partial charge < -0.3 is 5.11 Å². The van der Waals surface area contributed by atoms with Crippen LogP contribution in [0.2, 0.25) is 9.36 Å². The highest BCUT2D eigenvalue weighted by atomic mass is 35.5. The standard InChI is InChI=1S/C16H15Cl2NO2S/c17-11-4-1-3-10(9-11)15(13-6-7-14(18)22-13)19-8-2-5-12(19)16(20)21/h1,3-4,6-7,9,12,15H,2,5,8H2,(H,20,21). The second-order valence-electron chi connectivity index (χ2n) is 5.33. The summed E-state index contributed by atoms with van der Waals surface area (Å²) in [5.41, 5.74) is 0.999. The molecule has 2 aromatic rings. The quantitative estimate of drug-likeness (QED) is 0.864. The second kappa shape index (κ2) is 6.59. The van der Waals surface area contributed by atoms with Crippen molar-refractivity contribution in [1.82, 2.24) is 4.90 Å². The third-order valence-electron chi connectivity index (χ3n) is 3.94. The lowest BCUT2D eigenvalue weighted by Crippen LogP contribution is -2.39. The van der Waals surface area contributed by atoms with E-state index in [1.54, 1.807) is 0 Å². The van der Waals surface area contributed by atoms with Gasteiger partial charge in [0.1, 0.15) is 6.04 Å². The first-order valence-electron chi connectivity index (χ1n) is 7.05. The second-order valence-corrected chi connectivity index (χ2v) is 7.52. The number of benzene rings is 1. The zero-order chi connectivity index (χ0) is 15.7. The van der Waals surface area contributed by atoms with Crippen molar-refractivity contribution in [2.75, 3.05) is 6.54 Å². The number of hydrogen-bond donors (Lipinski definition) is 1. The van der Waals surface area contributed by atoms with Gasteiger partial charge in [-0.25, -0.2) is 0 Å². The number of thiophene rings is 1. The molecule has 1 saturated heterocycles. The van der Waals surface area contributed by atoms with Crippen LogP contribution in [-0.4, -0.2) is 28.6 Å². The van der Waals surface area contributed by atoms with Gasteiger partial charge in [-0.1, -0.05) is 35.3 Å². The van der Waals surface area contributed by atoms with E-state index in [0.717, 1.165) is 23.4 Å². The largest absolute Gasteiger partial charge is 0.480 e. The van der Waals surface area contributed by atoms with Gasteiger partial charge in [0.05, 0.1) is 10.4 Å². The molecule has 0 radical (unpaired) electrons. The third-order valence-corrected chi connectivity index (χ3v) is 5.46. The van der Waals surface area contributed by atoms with Crippen molar-refractivity contribution in [2.24, 2.45) is 0 Å². The van der Waals surface area contributed by atoms with Gasteiger partial charge in [-0.3, -0.25) is 9.69 Å². The van der Waals surface area contributed by atoms with E-state index in [-0.39, 0.29) is 6.04 Å². The molecule has 3 rings (SSSR count). The summed E-state index contributed by atoms with van der Waals surface area (Å²) >= 11 is 13.7. The van der Waals surface area contributed by atoms with Gasteiger partial charge >= 0.3 is 5.97 Å². The molecule has 2 atom stereocenters. The van der Waals surface area contributed by atoms with E-state index in [2.05, 4.69) is 0 Å². The Labute approximate surface area is 143 Å². The highest BCUT2D eigenvalue weighted by Gasteiger charge is 2.37. The number of rotatable bonds is 4. The average Bonchev–Trinajstić information content (AvgIpc) is 3.09. The Kier molecular flexibility index (Phi) is 4.73. The van der Waals surface area contributed by atoms with Crippen molar-refractivity contribution in [3.63, 3.8) is 0 Å². The van der Waals surface area contributed by atoms with Crippen LogP contribution in [0.25, 0.3) is 0 Å². The number of halogens is 2. The van der Waals surface area contributed by atoms with Crippen LogP contribution in [0, 0.1) is 0 Å². The normalized spacial score (nSPS) is 20.2. The first kappa shape index (κ1) is 15.8. The minimum absolute atomic E-state index is 0.125. The SMILES string of the molecule is O=C(O)C1CCCN1C(c1cccc(Cl)c1)c1ccc(Cl)s1. The van der Waals surface area contributed by atoms with E-state index in [0.29, 0.717) is 15.8 Å². The molecule has 1 aliphatic rings. The van der Waals surface area contributed by atoms with Crippen LogP contribution in [0.15, 0.2) is 36.4 Å². The first-order chi connectivity index (χ1) is 10.6. The third kappa shape index (κ3) is 3.15. The summed E-state index contributed by atoms with van der Waals surface area (Å²) in [6, 6.07) is 10.8. The van der Waals surface area contributed by atoms with Crippen molar-refractivity contribution in [3.8, 4) is 0 Å². The summed E-state index contributed by atoms with van der Waals surface area (Å²) in [7, 11) is 0. The molecule has 1 aliphatic heterocycles. The van der Waals surface area contributed by atoms with E-state index in [1.807, 2.05) is 41.3 Å². The summed E-state index contributed by atoms with van der Waals surface area (Å²) in [6.07, 6.45) is 1.55. The lowest BCUT2D eigenvalue weighted by molar-refractivity contribution is -0.142. The number of hydrogen-bond acceptors (Lipinski definition) is 3. The fraction of sp³-hybridized carbons (Fsp3) is 0.312. The summed E-state index contributed by atoms with van der Waals surface area (Å²) in [5, 5.41) is 10.1. The van der Waals surface area contributed by atoms with Gasteiger partial charge in [-0.2, -0.15) is 0 Å². The molecule has 1 fully saturated rings. The fourth-order valence-corrected chi connectivity index (χ4v) is 4.44. The van der Waals surface area contributed by atoms with Gasteiger partial charge in [0.2, 0.25) is 0 Å². The molecule has 2 unspecified atom stereocenters. The van der Waals surface area contributed by atoms with Crippen molar-refractivity contribution < 1.29 is 9.90 Å². The number of carboxylic acids is 1. The zero-order valence-electron chi connectivity index (χ0n) is 11.7. The molecule has 1 aromatic carbocycles. The van der Waals surface area contributed by atoms with Gasteiger partial charge in [-0.15, -0.1) is 11.3 Å². The predicted molar refractivity (Wildman–Crippen MR) is 90.0 cm³/mol. The molecule has 3 nitrogen and oxygen atoms in total. The molecule has 2 heterocycles. The smallest absolute Gasteiger partial charge is 0.320 e. The van der Waals surface area contributed by atoms with Crippen molar-refractivity contribution in [1.29, 1.82) is 0 Å². The minimum atomic E-state index is -0.771. The lowest BCUT2D eigenvalue weighted by Gasteiger charge is -2.31. The highest BCUT2D eigenvalue weighted by Crippen LogP contribution is 2.39. The molecule has 6 heteroatoms. The number of carbonyl (C=O) groups is 1. The molecule has 116 valence electrons. The van der Waals surface area contributed by atoms with E-state index in [1.165, 1.54) is 11.3 Å². The van der Waals surface area contributed by atoms with Crippen molar-refractivity contribution in [2.45, 2.75) is 24.9 Å². The Morgan fingerprint density at radius 2 is 2.14 bits per heavy atom. The Hall–Kier alpha value is -1.07. The maximum Gasteiger partial charge on any atom is 0.320 e. The van der Waals surface area contributed by atoms with E-state index in [4.69, 9.17) is 23.2 Å². The Morgan fingerprint density at radius 1 is 1.32 bits per heavy atom. The van der Waals surface area contributed by atoms with E-state index >= 15 is 0 Å². The Bertz CT molecular complexity index is 688. The summed E-state index contributed by atoms with van der Waals surface area (Å²) < 4.78 is 0.702. The van der Waals surface area contributed by atoms with Crippen LogP contribution in [0.5, 0.6) is 0 Å². The minimum Gasteiger partial charge on any atom is -0.480 e. The van der Waals surface area contributed by atoms with Gasteiger partial charge in [0, 0.05) is 16.4 Å². The maximum atomic E-state index is 11.6. The topological polar surface area (TPSA) is 40.5 Å². The Morgan fingerprint density at radius 3 is 2.77 bits per heavy atom. The number of aliphatic carboxylic acids is 1. The average molecular weight is 356 g/mol. The molecule has 0 amide bonds. The van der Waals surface area contributed by atoms with Gasteiger partial charge in [0.25, 0.3) is 0 Å². The molecular weight excluding hydrogens is 341 g/mol. The molecule has 22 heavy (non-hydrogen) atoms. The monoisotopic (exact) mass is 355 g/mol. The number of nitrogens with zero attached hydrogens (tertiary/aromatic N) is 1. The molecule has 0 aliphatic carbocycles. The van der Waals surface area contributed by atoms with Gasteiger partial charge in [0.15, 0.2) is 0 Å². The predicted octanol–water partition coefficient (Wildman–Crippen LogP) is 4.69.